The van der Waals surface area contributed by atoms with Gasteiger partial charge < -0.3 is 20.7 Å². The summed E-state index contributed by atoms with van der Waals surface area (Å²) in [5, 5.41) is 9.04. The van der Waals surface area contributed by atoms with Crippen molar-refractivity contribution in [2.45, 2.75) is 26.0 Å². The van der Waals surface area contributed by atoms with Crippen molar-refractivity contribution in [2.75, 3.05) is 20.6 Å². The predicted octanol–water partition coefficient (Wildman–Crippen LogP) is 2.71. The molecular formula is C21H27FN4O2. The van der Waals surface area contributed by atoms with Crippen molar-refractivity contribution in [3.05, 3.63) is 65.5 Å². The molecule has 0 aromatic heterocycles. The number of amides is 1. The fourth-order valence-corrected chi connectivity index (χ4v) is 2.54. The third-order valence-electron chi connectivity index (χ3n) is 4.18. The Balaban J connectivity index is 1.83. The molecule has 0 saturated heterocycles. The second-order valence-electron chi connectivity index (χ2n) is 6.19. The van der Waals surface area contributed by atoms with E-state index in [1.165, 1.54) is 12.1 Å². The Morgan fingerprint density at radius 3 is 2.54 bits per heavy atom. The van der Waals surface area contributed by atoms with Crippen LogP contribution in [0, 0.1) is 5.82 Å². The molecule has 2 aromatic rings. The lowest BCUT2D eigenvalue weighted by molar-refractivity contribution is 0.0963. The van der Waals surface area contributed by atoms with E-state index in [0.29, 0.717) is 30.4 Å². The lowest BCUT2D eigenvalue weighted by Gasteiger charge is -2.20. The highest BCUT2D eigenvalue weighted by molar-refractivity contribution is 5.93. The van der Waals surface area contributed by atoms with Gasteiger partial charge in [0, 0.05) is 32.3 Å². The minimum absolute atomic E-state index is 0.110. The number of carbonyl (C=O) groups is 1. The topological polar surface area (TPSA) is 74.8 Å². The molecule has 0 aliphatic rings. The zero-order valence-electron chi connectivity index (χ0n) is 16.5. The van der Waals surface area contributed by atoms with Crippen LogP contribution in [0.3, 0.4) is 0 Å². The van der Waals surface area contributed by atoms with Gasteiger partial charge in [-0.2, -0.15) is 0 Å². The smallest absolute Gasteiger partial charge is 0.251 e. The van der Waals surface area contributed by atoms with Gasteiger partial charge in [0.25, 0.3) is 5.91 Å². The van der Waals surface area contributed by atoms with E-state index in [1.807, 2.05) is 19.1 Å². The lowest BCUT2D eigenvalue weighted by Crippen LogP contribution is -2.42. The van der Waals surface area contributed by atoms with E-state index >= 15 is 0 Å². The Labute approximate surface area is 165 Å². The molecule has 150 valence electrons. The Morgan fingerprint density at radius 2 is 1.93 bits per heavy atom. The van der Waals surface area contributed by atoms with Gasteiger partial charge in [-0.25, -0.2) is 4.39 Å². The van der Waals surface area contributed by atoms with E-state index in [-0.39, 0.29) is 17.8 Å². The molecule has 6 nitrogen and oxygen atoms in total. The van der Waals surface area contributed by atoms with E-state index in [9.17, 15) is 9.18 Å². The molecule has 0 fully saturated rings. The zero-order valence-corrected chi connectivity index (χ0v) is 16.5. The zero-order chi connectivity index (χ0) is 20.4. The van der Waals surface area contributed by atoms with Crippen LogP contribution >= 0.6 is 0 Å². The summed E-state index contributed by atoms with van der Waals surface area (Å²) in [6.45, 7) is 3.10. The molecular weight excluding hydrogens is 359 g/mol. The van der Waals surface area contributed by atoms with Gasteiger partial charge in [-0.15, -0.1) is 0 Å². The first-order chi connectivity index (χ1) is 13.5. The van der Waals surface area contributed by atoms with Crippen LogP contribution in [0.4, 0.5) is 4.39 Å². The van der Waals surface area contributed by atoms with Gasteiger partial charge in [0.15, 0.2) is 5.96 Å². The molecule has 28 heavy (non-hydrogen) atoms. The van der Waals surface area contributed by atoms with E-state index in [1.54, 1.807) is 38.4 Å². The van der Waals surface area contributed by atoms with Gasteiger partial charge in [0.2, 0.25) is 0 Å². The van der Waals surface area contributed by atoms with Crippen molar-refractivity contribution in [3.8, 4) is 5.75 Å². The number of guanidine groups is 1. The Kier molecular flexibility index (Phi) is 8.27. The van der Waals surface area contributed by atoms with Gasteiger partial charge >= 0.3 is 0 Å². The fourth-order valence-electron chi connectivity index (χ4n) is 2.54. The average molecular weight is 386 g/mol. The summed E-state index contributed by atoms with van der Waals surface area (Å²) in [6.07, 6.45) is 0.647. The third-order valence-corrected chi connectivity index (χ3v) is 4.18. The standard InChI is InChI=1S/C21H27FN4O2/c1-4-18(28-19-7-5-6-17(22)12-19)14-26-21(24-3)25-13-15-8-10-16(11-9-15)20(27)23-2/h5-12,18H,4,13-14H2,1-3H3,(H,23,27)(H2,24,25,26). The van der Waals surface area contributed by atoms with Crippen LogP contribution in [0.1, 0.15) is 29.3 Å². The molecule has 7 heteroatoms. The minimum atomic E-state index is -0.319. The lowest BCUT2D eigenvalue weighted by atomic mass is 10.1. The van der Waals surface area contributed by atoms with E-state index < -0.39 is 0 Å². The van der Waals surface area contributed by atoms with Crippen LogP contribution in [-0.2, 0) is 6.54 Å². The fraction of sp³-hybridized carbons (Fsp3) is 0.333. The highest BCUT2D eigenvalue weighted by atomic mass is 19.1. The molecule has 0 spiro atoms. The van der Waals surface area contributed by atoms with Crippen molar-refractivity contribution in [1.29, 1.82) is 0 Å². The van der Waals surface area contributed by atoms with E-state index in [4.69, 9.17) is 4.74 Å². The third kappa shape index (κ3) is 6.57. The van der Waals surface area contributed by atoms with Gasteiger partial charge in [0.05, 0.1) is 6.54 Å². The van der Waals surface area contributed by atoms with Crippen LogP contribution < -0.4 is 20.7 Å². The van der Waals surface area contributed by atoms with Crippen molar-refractivity contribution >= 4 is 11.9 Å². The summed E-state index contributed by atoms with van der Waals surface area (Å²) < 4.78 is 19.1. The minimum Gasteiger partial charge on any atom is -0.489 e. The predicted molar refractivity (Wildman–Crippen MR) is 109 cm³/mol. The summed E-state index contributed by atoms with van der Waals surface area (Å²) in [5.41, 5.74) is 1.65. The van der Waals surface area contributed by atoms with Gasteiger partial charge in [-0.3, -0.25) is 9.79 Å². The first-order valence-corrected chi connectivity index (χ1v) is 9.23. The normalized spacial score (nSPS) is 12.2. The first kappa shape index (κ1) is 21.2. The van der Waals surface area contributed by atoms with Crippen molar-refractivity contribution in [2.24, 2.45) is 4.99 Å². The van der Waals surface area contributed by atoms with Gasteiger partial charge in [0.1, 0.15) is 17.7 Å². The van der Waals surface area contributed by atoms with Crippen LogP contribution in [0.15, 0.2) is 53.5 Å². The largest absolute Gasteiger partial charge is 0.489 e. The van der Waals surface area contributed by atoms with Gasteiger partial charge in [-0.1, -0.05) is 25.1 Å². The van der Waals surface area contributed by atoms with E-state index in [0.717, 1.165) is 12.0 Å². The van der Waals surface area contributed by atoms with Crippen LogP contribution in [-0.4, -0.2) is 38.6 Å². The Hall–Kier alpha value is -3.09. The maximum atomic E-state index is 13.3. The number of ether oxygens (including phenoxy) is 1. The molecule has 0 aliphatic carbocycles. The second-order valence-corrected chi connectivity index (χ2v) is 6.19. The SMILES string of the molecule is CCC(CNC(=NC)NCc1ccc(C(=O)NC)cc1)Oc1cccc(F)c1. The number of halogens is 1. The summed E-state index contributed by atoms with van der Waals surface area (Å²) in [6, 6.07) is 13.5. The number of benzene rings is 2. The Bertz CT molecular complexity index is 793. The van der Waals surface area contributed by atoms with Crippen molar-refractivity contribution in [1.82, 2.24) is 16.0 Å². The van der Waals surface area contributed by atoms with Crippen LogP contribution in [0.5, 0.6) is 5.75 Å². The number of nitrogens with zero attached hydrogens (tertiary/aromatic N) is 1. The Morgan fingerprint density at radius 1 is 1.18 bits per heavy atom. The summed E-state index contributed by atoms with van der Waals surface area (Å²) in [7, 11) is 3.30. The maximum Gasteiger partial charge on any atom is 0.251 e. The molecule has 2 aromatic carbocycles. The molecule has 1 atom stereocenters. The molecule has 2 rings (SSSR count). The number of hydrogen-bond donors (Lipinski definition) is 3. The maximum absolute atomic E-state index is 13.3. The second kappa shape index (κ2) is 10.9. The summed E-state index contributed by atoms with van der Waals surface area (Å²) >= 11 is 0. The number of carbonyl (C=O) groups excluding carboxylic acids is 1. The van der Waals surface area contributed by atoms with Gasteiger partial charge in [-0.05, 0) is 36.2 Å². The quantitative estimate of drug-likeness (QED) is 0.482. The molecule has 3 N–H and O–H groups in total. The molecule has 0 aliphatic heterocycles. The number of hydrogen-bond acceptors (Lipinski definition) is 3. The molecule has 1 amide bonds. The summed E-state index contributed by atoms with van der Waals surface area (Å²) in [4.78, 5) is 15.8. The monoisotopic (exact) mass is 386 g/mol. The highest BCUT2D eigenvalue weighted by Crippen LogP contribution is 2.14. The highest BCUT2D eigenvalue weighted by Gasteiger charge is 2.10. The van der Waals surface area contributed by atoms with Crippen LogP contribution in [0.25, 0.3) is 0 Å². The molecule has 1 unspecified atom stereocenters. The van der Waals surface area contributed by atoms with E-state index in [2.05, 4.69) is 20.9 Å². The molecule has 0 heterocycles. The first-order valence-electron chi connectivity index (χ1n) is 9.23. The number of rotatable bonds is 8. The van der Waals surface area contributed by atoms with Crippen molar-refractivity contribution < 1.29 is 13.9 Å². The average Bonchev–Trinajstić information content (AvgIpc) is 2.72. The summed E-state index contributed by atoms with van der Waals surface area (Å²) in [5.74, 6) is 0.714. The number of nitrogens with one attached hydrogen (secondary N) is 3. The molecule has 0 radical (unpaired) electrons. The van der Waals surface area contributed by atoms with Crippen LogP contribution in [0.2, 0.25) is 0 Å². The molecule has 0 saturated carbocycles. The van der Waals surface area contributed by atoms with Crippen molar-refractivity contribution in [3.63, 3.8) is 0 Å². The number of aliphatic imine (C=N–C) groups is 1. The molecule has 0 bridgehead atoms.